The Balaban J connectivity index is 2.23. The molecule has 2 rings (SSSR count). The van der Waals surface area contributed by atoms with Crippen molar-refractivity contribution in [1.82, 2.24) is 5.32 Å². The molecule has 0 aromatic heterocycles. The van der Waals surface area contributed by atoms with Crippen molar-refractivity contribution in [3.05, 3.63) is 34.9 Å². The number of hydrogen-bond donors (Lipinski definition) is 1. The fourth-order valence-corrected chi connectivity index (χ4v) is 3.32. The van der Waals surface area contributed by atoms with Crippen molar-refractivity contribution in [3.8, 4) is 0 Å². The zero-order chi connectivity index (χ0) is 14.4. The van der Waals surface area contributed by atoms with Crippen LogP contribution in [0.3, 0.4) is 0 Å². The summed E-state index contributed by atoms with van der Waals surface area (Å²) in [6.07, 6.45) is 4.72. The summed E-state index contributed by atoms with van der Waals surface area (Å²) >= 11 is 0. The van der Waals surface area contributed by atoms with E-state index in [0.717, 1.165) is 32.6 Å². The second-order valence-electron chi connectivity index (χ2n) is 5.75. The molecule has 1 aromatic carbocycles. The average molecular weight is 275 g/mol. The zero-order valence-electron chi connectivity index (χ0n) is 13.2. The summed E-state index contributed by atoms with van der Waals surface area (Å²) in [5.41, 5.74) is 4.44. The molecule has 2 nitrogen and oxygen atoms in total. The van der Waals surface area contributed by atoms with Gasteiger partial charge >= 0.3 is 0 Å². The first-order chi connectivity index (χ1) is 9.80. The molecule has 1 heterocycles. The average Bonchev–Trinajstić information content (AvgIpc) is 2.52. The largest absolute Gasteiger partial charge is 0.381 e. The third kappa shape index (κ3) is 3.62. The number of benzene rings is 1. The van der Waals surface area contributed by atoms with Gasteiger partial charge in [-0.05, 0) is 48.9 Å². The number of rotatable bonds is 6. The maximum Gasteiger partial charge on any atom is 0.0512 e. The Hall–Kier alpha value is -0.860. The predicted octanol–water partition coefficient (Wildman–Crippen LogP) is 3.89. The van der Waals surface area contributed by atoms with Gasteiger partial charge in [-0.15, -0.1) is 0 Å². The molecule has 2 heteroatoms. The summed E-state index contributed by atoms with van der Waals surface area (Å²) in [5, 5.41) is 3.68. The van der Waals surface area contributed by atoms with E-state index in [1.807, 2.05) is 0 Å². The maximum absolute atomic E-state index is 5.69. The van der Waals surface area contributed by atoms with Gasteiger partial charge in [-0.2, -0.15) is 0 Å². The van der Waals surface area contributed by atoms with Crippen LogP contribution in [-0.4, -0.2) is 19.8 Å². The highest BCUT2D eigenvalue weighted by Gasteiger charge is 2.25. The summed E-state index contributed by atoms with van der Waals surface area (Å²) < 4.78 is 5.69. The van der Waals surface area contributed by atoms with E-state index in [9.17, 15) is 0 Å². The van der Waals surface area contributed by atoms with Gasteiger partial charge in [0.1, 0.15) is 0 Å². The zero-order valence-corrected chi connectivity index (χ0v) is 13.2. The SMILES string of the molecule is CCNC(c1ccc(CC)c(CC)c1)C1CCCOC1. The van der Waals surface area contributed by atoms with Crippen molar-refractivity contribution < 1.29 is 4.74 Å². The standard InChI is InChI=1S/C18H29NO/c1-4-14-9-10-16(12-15(14)5-2)18(19-6-3)17-8-7-11-20-13-17/h9-10,12,17-19H,4-8,11,13H2,1-3H3. The van der Waals surface area contributed by atoms with E-state index in [1.165, 1.54) is 29.5 Å². The van der Waals surface area contributed by atoms with Gasteiger partial charge < -0.3 is 10.1 Å². The van der Waals surface area contributed by atoms with Gasteiger partial charge in [0.2, 0.25) is 0 Å². The van der Waals surface area contributed by atoms with Crippen LogP contribution in [0.25, 0.3) is 0 Å². The highest BCUT2D eigenvalue weighted by molar-refractivity contribution is 5.34. The van der Waals surface area contributed by atoms with Crippen molar-refractivity contribution in [2.24, 2.45) is 5.92 Å². The van der Waals surface area contributed by atoms with E-state index in [-0.39, 0.29) is 0 Å². The van der Waals surface area contributed by atoms with Crippen LogP contribution in [0, 0.1) is 5.92 Å². The van der Waals surface area contributed by atoms with Gasteiger partial charge in [0.15, 0.2) is 0 Å². The molecule has 1 N–H and O–H groups in total. The third-order valence-electron chi connectivity index (χ3n) is 4.44. The number of aryl methyl sites for hydroxylation is 2. The Kier molecular flexibility index (Phi) is 6.06. The van der Waals surface area contributed by atoms with Crippen LogP contribution in [-0.2, 0) is 17.6 Å². The minimum absolute atomic E-state index is 0.441. The van der Waals surface area contributed by atoms with Crippen LogP contribution in [0.5, 0.6) is 0 Å². The molecule has 1 aliphatic heterocycles. The van der Waals surface area contributed by atoms with Gasteiger partial charge in [-0.3, -0.25) is 0 Å². The highest BCUT2D eigenvalue weighted by atomic mass is 16.5. The van der Waals surface area contributed by atoms with Crippen LogP contribution in [0.2, 0.25) is 0 Å². The van der Waals surface area contributed by atoms with Crippen molar-refractivity contribution >= 4 is 0 Å². The normalized spacial score (nSPS) is 20.9. The van der Waals surface area contributed by atoms with E-state index in [2.05, 4.69) is 44.3 Å². The molecule has 0 aliphatic carbocycles. The molecule has 20 heavy (non-hydrogen) atoms. The van der Waals surface area contributed by atoms with E-state index < -0.39 is 0 Å². The van der Waals surface area contributed by atoms with E-state index in [0.29, 0.717) is 12.0 Å². The van der Waals surface area contributed by atoms with Crippen LogP contribution in [0.1, 0.15) is 56.3 Å². The molecule has 2 atom stereocenters. The quantitative estimate of drug-likeness (QED) is 0.850. The van der Waals surface area contributed by atoms with Gasteiger partial charge in [0.25, 0.3) is 0 Å². The molecule has 1 aromatic rings. The molecule has 0 spiro atoms. The summed E-state index contributed by atoms with van der Waals surface area (Å²) in [6, 6.07) is 7.50. The lowest BCUT2D eigenvalue weighted by Crippen LogP contribution is -2.33. The first kappa shape index (κ1) is 15.5. The molecule has 112 valence electrons. The summed E-state index contributed by atoms with van der Waals surface area (Å²) in [6.45, 7) is 9.53. The number of ether oxygens (including phenoxy) is 1. The van der Waals surface area contributed by atoms with Crippen molar-refractivity contribution in [3.63, 3.8) is 0 Å². The van der Waals surface area contributed by atoms with Crippen molar-refractivity contribution in [2.45, 2.75) is 52.5 Å². The summed E-state index contributed by atoms with van der Waals surface area (Å²) in [5.74, 6) is 0.612. The van der Waals surface area contributed by atoms with Gasteiger partial charge in [0.05, 0.1) is 6.61 Å². The lowest BCUT2D eigenvalue weighted by Gasteiger charge is -2.31. The fourth-order valence-electron chi connectivity index (χ4n) is 3.32. The Bertz CT molecular complexity index is 410. The molecule has 0 saturated carbocycles. The van der Waals surface area contributed by atoms with E-state index in [4.69, 9.17) is 4.74 Å². The Labute approximate surface area is 123 Å². The van der Waals surface area contributed by atoms with Crippen molar-refractivity contribution in [2.75, 3.05) is 19.8 Å². The van der Waals surface area contributed by atoms with Crippen molar-refractivity contribution in [1.29, 1.82) is 0 Å². The molecule has 0 radical (unpaired) electrons. The van der Waals surface area contributed by atoms with Gasteiger partial charge in [-0.1, -0.05) is 39.0 Å². The number of hydrogen-bond acceptors (Lipinski definition) is 2. The second kappa shape index (κ2) is 7.80. The first-order valence-corrected chi connectivity index (χ1v) is 8.22. The maximum atomic E-state index is 5.69. The second-order valence-corrected chi connectivity index (χ2v) is 5.75. The van der Waals surface area contributed by atoms with Crippen LogP contribution >= 0.6 is 0 Å². The molecule has 2 unspecified atom stereocenters. The molecule has 1 fully saturated rings. The van der Waals surface area contributed by atoms with Gasteiger partial charge in [-0.25, -0.2) is 0 Å². The van der Waals surface area contributed by atoms with Crippen LogP contribution in [0.15, 0.2) is 18.2 Å². The molecular formula is C18H29NO. The van der Waals surface area contributed by atoms with E-state index in [1.54, 1.807) is 0 Å². The third-order valence-corrected chi connectivity index (χ3v) is 4.44. The minimum Gasteiger partial charge on any atom is -0.381 e. The van der Waals surface area contributed by atoms with E-state index >= 15 is 0 Å². The predicted molar refractivity (Wildman–Crippen MR) is 85.2 cm³/mol. The van der Waals surface area contributed by atoms with Crippen LogP contribution in [0.4, 0.5) is 0 Å². The van der Waals surface area contributed by atoms with Crippen LogP contribution < -0.4 is 5.32 Å². The van der Waals surface area contributed by atoms with Gasteiger partial charge in [0, 0.05) is 18.6 Å². The first-order valence-electron chi connectivity index (χ1n) is 8.22. The molecule has 0 bridgehead atoms. The lowest BCUT2D eigenvalue weighted by molar-refractivity contribution is 0.0392. The molecule has 0 amide bonds. The molecular weight excluding hydrogens is 246 g/mol. The smallest absolute Gasteiger partial charge is 0.0512 e. The Morgan fingerprint density at radius 2 is 2.00 bits per heavy atom. The monoisotopic (exact) mass is 275 g/mol. The molecule has 1 saturated heterocycles. The Morgan fingerprint density at radius 3 is 2.60 bits per heavy atom. The summed E-state index contributed by atoms with van der Waals surface area (Å²) in [7, 11) is 0. The highest BCUT2D eigenvalue weighted by Crippen LogP contribution is 2.30. The lowest BCUT2D eigenvalue weighted by atomic mass is 9.86. The number of nitrogens with one attached hydrogen (secondary N) is 1. The summed E-state index contributed by atoms with van der Waals surface area (Å²) in [4.78, 5) is 0. The topological polar surface area (TPSA) is 21.3 Å². The fraction of sp³-hybridized carbons (Fsp3) is 0.667. The molecule has 1 aliphatic rings. The minimum atomic E-state index is 0.441. The Morgan fingerprint density at radius 1 is 1.20 bits per heavy atom.